The molecule has 0 saturated carbocycles. The van der Waals surface area contributed by atoms with E-state index in [1.807, 2.05) is 48.9 Å². The van der Waals surface area contributed by atoms with Crippen LogP contribution in [-0.2, 0) is 4.79 Å². The number of anilines is 2. The smallest absolute Gasteiger partial charge is 0.227 e. The summed E-state index contributed by atoms with van der Waals surface area (Å²) in [4.78, 5) is 27.9. The fourth-order valence-corrected chi connectivity index (χ4v) is 3.85. The highest BCUT2D eigenvalue weighted by Crippen LogP contribution is 2.25. The Morgan fingerprint density at radius 1 is 1.10 bits per heavy atom. The number of hydrogen-bond acceptors (Lipinski definition) is 5. The number of halogens is 1. The molecule has 7 nitrogen and oxygen atoms in total. The molecule has 2 aromatic heterocycles. The molecule has 3 aromatic rings. The van der Waals surface area contributed by atoms with E-state index in [0.29, 0.717) is 0 Å². The molecule has 150 valence electrons. The van der Waals surface area contributed by atoms with Crippen LogP contribution in [0.5, 0.6) is 0 Å². The number of piperidine rings is 1. The molecule has 1 aliphatic rings. The Bertz CT molecular complexity index is 1030. The minimum Gasteiger partial charge on any atom is -0.356 e. The van der Waals surface area contributed by atoms with Crippen molar-refractivity contribution in [1.82, 2.24) is 19.5 Å². The third-order valence-electron chi connectivity index (χ3n) is 5.33. The van der Waals surface area contributed by atoms with Crippen LogP contribution in [0.25, 0.3) is 5.82 Å². The fraction of sp³-hybridized carbons (Fsp3) is 0.333. The van der Waals surface area contributed by atoms with Gasteiger partial charge in [-0.25, -0.2) is 15.0 Å². The summed E-state index contributed by atoms with van der Waals surface area (Å²) < 4.78 is 2.98. The molecule has 4 rings (SSSR count). The number of aromatic nitrogens is 4. The lowest BCUT2D eigenvalue weighted by molar-refractivity contribution is -0.120. The van der Waals surface area contributed by atoms with Crippen LogP contribution in [0.15, 0.2) is 47.5 Å². The van der Waals surface area contributed by atoms with E-state index in [-0.39, 0.29) is 11.8 Å². The van der Waals surface area contributed by atoms with Gasteiger partial charge in [-0.2, -0.15) is 0 Å². The summed E-state index contributed by atoms with van der Waals surface area (Å²) >= 11 is 3.49. The Hall–Kier alpha value is -2.74. The number of aryl methyl sites for hydroxylation is 2. The topological polar surface area (TPSA) is 75.9 Å². The molecule has 29 heavy (non-hydrogen) atoms. The highest BCUT2D eigenvalue weighted by atomic mass is 79.9. The number of hydrogen-bond donors (Lipinski definition) is 1. The van der Waals surface area contributed by atoms with Gasteiger partial charge in [0, 0.05) is 47.6 Å². The summed E-state index contributed by atoms with van der Waals surface area (Å²) in [7, 11) is 0. The number of carbonyl (C=O) groups is 1. The molecule has 1 N–H and O–H groups in total. The normalized spacial score (nSPS) is 14.8. The molecule has 1 fully saturated rings. The van der Waals surface area contributed by atoms with Gasteiger partial charge in [0.1, 0.15) is 23.8 Å². The van der Waals surface area contributed by atoms with E-state index in [1.165, 1.54) is 0 Å². The zero-order valence-corrected chi connectivity index (χ0v) is 18.1. The number of amides is 1. The largest absolute Gasteiger partial charge is 0.356 e. The van der Waals surface area contributed by atoms with Gasteiger partial charge < -0.3 is 10.2 Å². The van der Waals surface area contributed by atoms with Crippen molar-refractivity contribution in [3.05, 3.63) is 58.8 Å². The van der Waals surface area contributed by atoms with Crippen LogP contribution in [-0.4, -0.2) is 38.5 Å². The molecule has 0 radical (unpaired) electrons. The molecular formula is C21H23BrN6O. The van der Waals surface area contributed by atoms with Crippen molar-refractivity contribution in [3.8, 4) is 5.82 Å². The Balaban J connectivity index is 1.38. The van der Waals surface area contributed by atoms with Crippen LogP contribution in [0.1, 0.15) is 24.2 Å². The second-order valence-electron chi connectivity index (χ2n) is 7.29. The first-order valence-electron chi connectivity index (χ1n) is 9.65. The molecule has 3 heterocycles. The number of nitrogens with zero attached hydrogens (tertiary/aromatic N) is 5. The quantitative estimate of drug-likeness (QED) is 0.646. The third kappa shape index (κ3) is 4.32. The molecule has 1 aliphatic heterocycles. The van der Waals surface area contributed by atoms with Crippen molar-refractivity contribution in [1.29, 1.82) is 0 Å². The first kappa shape index (κ1) is 19.6. The minimum absolute atomic E-state index is 0.00686. The maximum Gasteiger partial charge on any atom is 0.227 e. The van der Waals surface area contributed by atoms with Gasteiger partial charge in [0.15, 0.2) is 0 Å². The number of imidazole rings is 1. The van der Waals surface area contributed by atoms with Gasteiger partial charge in [-0.15, -0.1) is 0 Å². The zero-order valence-electron chi connectivity index (χ0n) is 16.5. The lowest BCUT2D eigenvalue weighted by atomic mass is 9.95. The minimum atomic E-state index is 0.00686. The summed E-state index contributed by atoms with van der Waals surface area (Å²) in [5.41, 5.74) is 1.94. The van der Waals surface area contributed by atoms with E-state index in [2.05, 4.69) is 41.1 Å². The van der Waals surface area contributed by atoms with E-state index in [1.54, 1.807) is 12.5 Å². The molecule has 0 bridgehead atoms. The van der Waals surface area contributed by atoms with Crippen molar-refractivity contribution >= 4 is 33.3 Å². The van der Waals surface area contributed by atoms with Crippen molar-refractivity contribution in [2.45, 2.75) is 26.7 Å². The van der Waals surface area contributed by atoms with Crippen LogP contribution in [0, 0.1) is 19.8 Å². The summed E-state index contributed by atoms with van der Waals surface area (Å²) in [6.07, 6.45) is 6.82. The number of carbonyl (C=O) groups excluding carboxylic acids is 1. The van der Waals surface area contributed by atoms with Crippen LogP contribution in [0.2, 0.25) is 0 Å². The monoisotopic (exact) mass is 454 g/mol. The molecule has 0 spiro atoms. The average Bonchev–Trinajstić information content (AvgIpc) is 3.17. The molecule has 0 aliphatic carbocycles. The van der Waals surface area contributed by atoms with Gasteiger partial charge in [-0.3, -0.25) is 9.36 Å². The summed E-state index contributed by atoms with van der Waals surface area (Å²) in [5, 5.41) is 3.05. The predicted molar refractivity (Wildman–Crippen MR) is 116 cm³/mol. The Morgan fingerprint density at radius 2 is 1.86 bits per heavy atom. The molecule has 0 unspecified atom stereocenters. The molecule has 8 heteroatoms. The van der Waals surface area contributed by atoms with Gasteiger partial charge >= 0.3 is 0 Å². The molecular weight excluding hydrogens is 432 g/mol. The predicted octanol–water partition coefficient (Wildman–Crippen LogP) is 3.90. The highest BCUT2D eigenvalue weighted by Gasteiger charge is 2.26. The van der Waals surface area contributed by atoms with E-state index in [4.69, 9.17) is 0 Å². The molecule has 0 atom stereocenters. The molecule has 1 saturated heterocycles. The second kappa shape index (κ2) is 8.32. The van der Waals surface area contributed by atoms with E-state index >= 15 is 0 Å². The summed E-state index contributed by atoms with van der Waals surface area (Å²) in [5.74, 6) is 2.66. The molecule has 1 amide bonds. The zero-order chi connectivity index (χ0) is 20.4. The third-order valence-corrected chi connectivity index (χ3v) is 6.22. The van der Waals surface area contributed by atoms with Crippen LogP contribution < -0.4 is 10.2 Å². The number of rotatable bonds is 4. The van der Waals surface area contributed by atoms with Gasteiger partial charge in [0.2, 0.25) is 5.91 Å². The standard InChI is InChI=1S/C21H23BrN6O/c1-14-11-17(3-4-18(14)22)26-21(29)16-5-8-27(9-6-16)19-12-20(25-13-24-19)28-10-7-23-15(28)2/h3-4,7,10-13,16H,5-6,8-9H2,1-2H3,(H,26,29). The lowest BCUT2D eigenvalue weighted by Gasteiger charge is -2.32. The van der Waals surface area contributed by atoms with Crippen molar-refractivity contribution in [2.75, 3.05) is 23.3 Å². The van der Waals surface area contributed by atoms with Crippen LogP contribution in [0.4, 0.5) is 11.5 Å². The Labute approximate surface area is 178 Å². The first-order valence-corrected chi connectivity index (χ1v) is 10.4. The maximum absolute atomic E-state index is 12.7. The summed E-state index contributed by atoms with van der Waals surface area (Å²) in [6.45, 7) is 5.53. The fourth-order valence-electron chi connectivity index (χ4n) is 3.60. The number of benzene rings is 1. The van der Waals surface area contributed by atoms with Gasteiger partial charge in [0.05, 0.1) is 0 Å². The van der Waals surface area contributed by atoms with Crippen LogP contribution in [0.3, 0.4) is 0 Å². The van der Waals surface area contributed by atoms with Gasteiger partial charge in [-0.1, -0.05) is 15.9 Å². The maximum atomic E-state index is 12.7. The second-order valence-corrected chi connectivity index (χ2v) is 8.15. The van der Waals surface area contributed by atoms with E-state index in [9.17, 15) is 4.79 Å². The SMILES string of the molecule is Cc1cc(NC(=O)C2CCN(c3cc(-n4ccnc4C)ncn3)CC2)ccc1Br. The van der Waals surface area contributed by atoms with Gasteiger partial charge in [0.25, 0.3) is 0 Å². The molecule has 1 aromatic carbocycles. The van der Waals surface area contributed by atoms with E-state index < -0.39 is 0 Å². The van der Waals surface area contributed by atoms with Crippen molar-refractivity contribution in [3.63, 3.8) is 0 Å². The Morgan fingerprint density at radius 3 is 2.55 bits per heavy atom. The van der Waals surface area contributed by atoms with Gasteiger partial charge in [-0.05, 0) is 50.5 Å². The number of nitrogens with one attached hydrogen (secondary N) is 1. The van der Waals surface area contributed by atoms with E-state index in [0.717, 1.165) is 59.1 Å². The lowest BCUT2D eigenvalue weighted by Crippen LogP contribution is -2.38. The Kier molecular flexibility index (Phi) is 5.62. The summed E-state index contributed by atoms with van der Waals surface area (Å²) in [6, 6.07) is 7.84. The highest BCUT2D eigenvalue weighted by molar-refractivity contribution is 9.10. The first-order chi connectivity index (χ1) is 14.0. The van der Waals surface area contributed by atoms with Crippen molar-refractivity contribution < 1.29 is 4.79 Å². The average molecular weight is 455 g/mol. The van der Waals surface area contributed by atoms with Crippen molar-refractivity contribution in [2.24, 2.45) is 5.92 Å². The van der Waals surface area contributed by atoms with Crippen LogP contribution >= 0.6 is 15.9 Å².